The molecule has 5 rings (SSSR count). The van der Waals surface area contributed by atoms with Gasteiger partial charge in [0.1, 0.15) is 29.4 Å². The van der Waals surface area contributed by atoms with E-state index in [9.17, 15) is 0 Å². The molecule has 0 saturated heterocycles. The van der Waals surface area contributed by atoms with Crippen molar-refractivity contribution in [2.24, 2.45) is 10.7 Å². The van der Waals surface area contributed by atoms with Gasteiger partial charge in [-0.25, -0.2) is 9.98 Å². The second-order valence-corrected chi connectivity index (χ2v) is 15.1. The number of aldehydes is 1. The molecular formula is C47H60ClN4NaO6. The Balaban J connectivity index is 0.000000493. The molecule has 0 unspecified atom stereocenters. The zero-order valence-electron chi connectivity index (χ0n) is 37.0. The summed E-state index contributed by atoms with van der Waals surface area (Å²) >= 11 is 4.82. The molecule has 1 heterocycles. The van der Waals surface area contributed by atoms with Crippen molar-refractivity contribution in [2.45, 2.75) is 92.9 Å². The number of alkyl halides is 1. The number of imidazole rings is 1. The number of rotatable bonds is 12. The van der Waals surface area contributed by atoms with Crippen molar-refractivity contribution in [2.75, 3.05) is 20.1 Å². The molecule has 0 saturated carbocycles. The topological polar surface area (TPSA) is 141 Å². The van der Waals surface area contributed by atoms with Crippen molar-refractivity contribution in [3.8, 4) is 28.6 Å². The number of amidine groups is 1. The molecule has 312 valence electrons. The minimum absolute atomic E-state index is 0. The zero-order chi connectivity index (χ0) is 43.5. The van der Waals surface area contributed by atoms with Crippen molar-refractivity contribution in [3.05, 3.63) is 124 Å². The number of carbonyl (C=O) groups is 2. The van der Waals surface area contributed by atoms with Gasteiger partial charge in [-0.1, -0.05) is 91.8 Å². The largest absolute Gasteiger partial charge is 1.00 e. The van der Waals surface area contributed by atoms with E-state index in [0.29, 0.717) is 35.8 Å². The Morgan fingerprint density at radius 1 is 0.780 bits per heavy atom. The number of carbonyl (C=O) groups excluding carboxylic acids is 2. The van der Waals surface area contributed by atoms with Crippen LogP contribution in [0.2, 0.25) is 0 Å². The van der Waals surface area contributed by atoms with Crippen LogP contribution >= 0.6 is 11.6 Å². The average Bonchev–Trinajstić information content (AvgIpc) is 3.70. The van der Waals surface area contributed by atoms with Gasteiger partial charge in [0, 0.05) is 23.5 Å². The van der Waals surface area contributed by atoms with Crippen LogP contribution in [0.15, 0.2) is 90.2 Å². The van der Waals surface area contributed by atoms with Crippen molar-refractivity contribution in [1.82, 2.24) is 9.55 Å². The van der Waals surface area contributed by atoms with Crippen LogP contribution in [0.5, 0.6) is 11.5 Å². The van der Waals surface area contributed by atoms with E-state index in [-0.39, 0.29) is 41.9 Å². The summed E-state index contributed by atoms with van der Waals surface area (Å²) in [7, 11) is 3.37. The van der Waals surface area contributed by atoms with Gasteiger partial charge in [-0.2, -0.15) is 0 Å². The number of aromatic nitrogens is 2. The van der Waals surface area contributed by atoms with E-state index in [1.807, 2.05) is 37.4 Å². The van der Waals surface area contributed by atoms with E-state index >= 15 is 0 Å². The van der Waals surface area contributed by atoms with Crippen molar-refractivity contribution in [1.29, 1.82) is 0 Å². The van der Waals surface area contributed by atoms with Gasteiger partial charge < -0.3 is 30.1 Å². The summed E-state index contributed by atoms with van der Waals surface area (Å²) in [6, 6.07) is 25.2. The van der Waals surface area contributed by atoms with Gasteiger partial charge in [0.2, 0.25) is 0 Å². The number of halogens is 1. The molecule has 1 aromatic heterocycles. The van der Waals surface area contributed by atoms with E-state index in [4.69, 9.17) is 46.6 Å². The third-order valence-corrected chi connectivity index (χ3v) is 9.15. The first-order valence-corrected chi connectivity index (χ1v) is 19.8. The minimum Gasteiger partial charge on any atom is -0.662 e. The molecule has 0 aliphatic carbocycles. The normalized spacial score (nSPS) is 10.7. The van der Waals surface area contributed by atoms with Crippen LogP contribution in [0, 0.1) is 13.8 Å². The van der Waals surface area contributed by atoms with Gasteiger partial charge in [0.15, 0.2) is 0 Å². The molecule has 0 atom stereocenters. The molecule has 0 bridgehead atoms. The molecule has 0 amide bonds. The Kier molecular flexibility index (Phi) is 23.7. The van der Waals surface area contributed by atoms with Crippen LogP contribution < -0.4 is 50.0 Å². The van der Waals surface area contributed by atoms with E-state index in [1.54, 1.807) is 14.2 Å². The monoisotopic (exact) mass is 834 g/mol. The molecule has 0 spiro atoms. The number of nitrogens with zero attached hydrogens (tertiary/aromatic N) is 3. The summed E-state index contributed by atoms with van der Waals surface area (Å²) in [5, 5.41) is 8.43. The summed E-state index contributed by atoms with van der Waals surface area (Å²) in [5.41, 5.74) is 18.0. The van der Waals surface area contributed by atoms with Crippen LogP contribution in [0.4, 0.5) is 5.69 Å². The van der Waals surface area contributed by atoms with Crippen LogP contribution in [0.25, 0.3) is 17.1 Å². The smallest absolute Gasteiger partial charge is 0.662 e. The molecule has 12 heteroatoms. The Morgan fingerprint density at radius 2 is 1.22 bits per heavy atom. The summed E-state index contributed by atoms with van der Waals surface area (Å²) in [5.74, 6) is 4.88. The van der Waals surface area contributed by atoms with Gasteiger partial charge in [-0.15, -0.1) is 11.6 Å². The molecule has 5 aromatic rings. The quantitative estimate of drug-likeness (QED) is 0.0264. The molecular weight excluding hydrogens is 775 g/mol. The fourth-order valence-corrected chi connectivity index (χ4v) is 6.32. The fraction of sp³-hybridized carbons (Fsp3) is 0.362. The van der Waals surface area contributed by atoms with Crippen molar-refractivity contribution in [3.63, 3.8) is 0 Å². The van der Waals surface area contributed by atoms with Crippen LogP contribution in [0.3, 0.4) is 0 Å². The average molecular weight is 835 g/mol. The number of aryl methyl sites for hydroxylation is 2. The fourth-order valence-electron chi connectivity index (χ4n) is 6.32. The summed E-state index contributed by atoms with van der Waals surface area (Å²) in [6.07, 6.45) is 4.59. The molecule has 0 radical (unpaired) electrons. The van der Waals surface area contributed by atoms with E-state index < -0.39 is 0 Å². The predicted molar refractivity (Wildman–Crippen MR) is 235 cm³/mol. The number of hydrogen-bond donors (Lipinski definition) is 1. The number of aliphatic imine (C=N–C) groups is 1. The summed E-state index contributed by atoms with van der Waals surface area (Å²) < 4.78 is 13.1. The second kappa shape index (κ2) is 26.6. The van der Waals surface area contributed by atoms with Crippen LogP contribution in [-0.2, 0) is 14.5 Å². The molecule has 4 aromatic carbocycles. The van der Waals surface area contributed by atoms with Crippen molar-refractivity contribution >= 4 is 35.9 Å². The third-order valence-electron chi connectivity index (χ3n) is 9.03. The number of methoxy groups -OCH3 is 2. The van der Waals surface area contributed by atoms with Crippen LogP contribution in [0.1, 0.15) is 118 Å². The summed E-state index contributed by atoms with van der Waals surface area (Å²) in [6.45, 7) is 21.7. The molecule has 0 aliphatic heterocycles. The first kappa shape index (κ1) is 52.6. The molecule has 10 nitrogen and oxygen atoms in total. The first-order valence-electron chi connectivity index (χ1n) is 19.3. The Labute approximate surface area is 378 Å². The van der Waals surface area contributed by atoms with Crippen molar-refractivity contribution < 1.29 is 58.8 Å². The Morgan fingerprint density at radius 3 is 1.64 bits per heavy atom. The van der Waals surface area contributed by atoms with Gasteiger partial charge >= 0.3 is 29.6 Å². The van der Waals surface area contributed by atoms with Gasteiger partial charge in [-0.05, 0) is 107 Å². The summed E-state index contributed by atoms with van der Waals surface area (Å²) in [4.78, 5) is 29.8. The number of para-hydroxylation sites is 2. The van der Waals surface area contributed by atoms with E-state index in [1.165, 1.54) is 27.9 Å². The number of ether oxygens (including phenoxy) is 2. The third kappa shape index (κ3) is 15.6. The predicted octanol–water partition coefficient (Wildman–Crippen LogP) is 7.25. The van der Waals surface area contributed by atoms with Crippen LogP contribution in [-0.4, -0.2) is 48.2 Å². The first-order chi connectivity index (χ1) is 27.6. The van der Waals surface area contributed by atoms with E-state index in [0.717, 1.165) is 45.3 Å². The standard InChI is InChI=1S/C23H28N2O.C21H28N2O.C2H3ClO.CH2O3.Na/c1-15(2)20-8-7-9-21(16(3)4)22(20)25-11-10-24-23(25)18-12-17(5)13-19(14-18)26-6;1-13(2)18-8-7-9-19(14(3)4)20(18)23-21(22)16-10-15(5)11-17(12-16)24-6;3-1-2-4;2-1-4-3;/h7-16H,1-6H3;7-14H,1-6H3,(H2,22,23);2H,1H2;1,3H;/q;;;;+1/p-1. The van der Waals surface area contributed by atoms with E-state index in [2.05, 4.69) is 131 Å². The SMILES string of the molecule is COc1cc(C)cc(-c2nccn2-c2c(C(C)C)cccc2C(C)C)c1.COc1cc(C)cc(C(N)=Nc2c(C(C)C)cccc2C(C)C)c1.O=CCCl.O=CO[O-].[Na+]. The number of nitrogens with two attached hydrogens (primary N) is 1. The second-order valence-electron chi connectivity index (χ2n) is 14.8. The van der Waals surface area contributed by atoms with Gasteiger partial charge in [0.05, 0.1) is 31.5 Å². The Hall–Kier alpha value is -4.45. The number of hydrogen-bond acceptors (Lipinski definition) is 8. The zero-order valence-corrected chi connectivity index (χ0v) is 39.8. The maximum atomic E-state index is 9.04. The molecule has 0 aliphatic rings. The Bertz CT molecular complexity index is 2030. The molecule has 0 fully saturated rings. The maximum Gasteiger partial charge on any atom is 1.00 e. The molecule has 2 N–H and O–H groups in total. The minimum atomic E-state index is -0.181. The maximum absolute atomic E-state index is 9.04. The molecule has 59 heavy (non-hydrogen) atoms. The van der Waals surface area contributed by atoms with Gasteiger partial charge in [0.25, 0.3) is 6.47 Å². The van der Waals surface area contributed by atoms with Gasteiger partial charge in [-0.3, -0.25) is 9.36 Å². The number of benzene rings is 4.